The van der Waals surface area contributed by atoms with E-state index in [2.05, 4.69) is 0 Å². The Kier molecular flexibility index (Phi) is 5.17. The van der Waals surface area contributed by atoms with Gasteiger partial charge in [0.05, 0.1) is 11.8 Å². The summed E-state index contributed by atoms with van der Waals surface area (Å²) in [7, 11) is 0. The Morgan fingerprint density at radius 2 is 1.90 bits per heavy atom. The van der Waals surface area contributed by atoms with Gasteiger partial charge in [0.2, 0.25) is 5.91 Å². The van der Waals surface area contributed by atoms with Crippen LogP contribution in [-0.2, 0) is 9.59 Å². The molecule has 0 aromatic carbocycles. The van der Waals surface area contributed by atoms with Crippen molar-refractivity contribution in [3.05, 3.63) is 12.2 Å². The van der Waals surface area contributed by atoms with Crippen molar-refractivity contribution in [1.29, 1.82) is 0 Å². The highest BCUT2D eigenvalue weighted by Gasteiger charge is 2.39. The molecule has 1 aliphatic heterocycles. The number of allylic oxidation sites excluding steroid dienone is 2. The quantitative estimate of drug-likeness (QED) is 0.747. The first-order chi connectivity index (χ1) is 9.65. The van der Waals surface area contributed by atoms with E-state index in [9.17, 15) is 14.7 Å². The van der Waals surface area contributed by atoms with E-state index in [1.807, 2.05) is 17.1 Å². The van der Waals surface area contributed by atoms with E-state index < -0.39 is 17.8 Å². The number of rotatable bonds is 5. The fourth-order valence-corrected chi connectivity index (χ4v) is 3.33. The van der Waals surface area contributed by atoms with Gasteiger partial charge < -0.3 is 15.1 Å². The van der Waals surface area contributed by atoms with Crippen LogP contribution in [0.5, 0.6) is 0 Å². The zero-order chi connectivity index (χ0) is 14.5. The number of hydrogen-bond acceptors (Lipinski definition) is 3. The summed E-state index contributed by atoms with van der Waals surface area (Å²) in [6.07, 6.45) is 8.19. The Labute approximate surface area is 119 Å². The molecule has 20 heavy (non-hydrogen) atoms. The molecule has 2 aliphatic rings. The first-order valence-electron chi connectivity index (χ1n) is 7.44. The van der Waals surface area contributed by atoms with Gasteiger partial charge in [-0.15, -0.1) is 0 Å². The van der Waals surface area contributed by atoms with Gasteiger partial charge in [0.25, 0.3) is 0 Å². The second-order valence-corrected chi connectivity index (χ2v) is 5.69. The lowest BCUT2D eigenvalue weighted by Gasteiger charge is -2.32. The first kappa shape index (κ1) is 15.0. The van der Waals surface area contributed by atoms with Gasteiger partial charge in [-0.25, -0.2) is 0 Å². The predicted octanol–water partition coefficient (Wildman–Crippen LogP) is 1.42. The number of likely N-dealkylation sites (tertiary alicyclic amines) is 1. The molecule has 112 valence electrons. The predicted molar refractivity (Wildman–Crippen MR) is 74.0 cm³/mol. The summed E-state index contributed by atoms with van der Waals surface area (Å²) in [5.74, 6) is -1.90. The number of carbonyl (C=O) groups is 2. The summed E-state index contributed by atoms with van der Waals surface area (Å²) in [6.45, 7) is 0.865. The fourth-order valence-electron chi connectivity index (χ4n) is 3.33. The number of nitrogens with zero attached hydrogens (tertiary/aromatic N) is 1. The van der Waals surface area contributed by atoms with Crippen LogP contribution in [-0.4, -0.2) is 46.2 Å². The molecule has 5 nitrogen and oxygen atoms in total. The maximum atomic E-state index is 12.7. The number of aliphatic hydroxyl groups is 1. The van der Waals surface area contributed by atoms with Crippen LogP contribution in [0.25, 0.3) is 0 Å². The Bertz CT molecular complexity index is 393. The molecule has 0 radical (unpaired) electrons. The molecular formula is C15H23NO4. The molecule has 1 amide bonds. The zero-order valence-corrected chi connectivity index (χ0v) is 11.7. The minimum Gasteiger partial charge on any atom is -0.481 e. The average Bonchev–Trinajstić information content (AvgIpc) is 2.92. The molecule has 2 N–H and O–H groups in total. The number of carboxylic acid groups (broad SMARTS) is 1. The normalized spacial score (nSPS) is 29.6. The van der Waals surface area contributed by atoms with Crippen LogP contribution >= 0.6 is 0 Å². The molecule has 1 heterocycles. The van der Waals surface area contributed by atoms with E-state index in [0.29, 0.717) is 19.3 Å². The molecule has 5 heteroatoms. The highest BCUT2D eigenvalue weighted by Crippen LogP contribution is 2.31. The molecule has 0 aromatic heterocycles. The Morgan fingerprint density at radius 1 is 1.20 bits per heavy atom. The molecule has 3 unspecified atom stereocenters. The van der Waals surface area contributed by atoms with Gasteiger partial charge in [0.15, 0.2) is 0 Å². The summed E-state index contributed by atoms with van der Waals surface area (Å²) in [5, 5.41) is 18.2. The van der Waals surface area contributed by atoms with Gasteiger partial charge in [-0.05, 0) is 38.5 Å². The number of amides is 1. The third-order valence-electron chi connectivity index (χ3n) is 4.42. The number of aliphatic hydroxyl groups excluding tert-OH is 1. The van der Waals surface area contributed by atoms with Crippen LogP contribution in [0.1, 0.15) is 38.5 Å². The first-order valence-corrected chi connectivity index (χ1v) is 7.44. The van der Waals surface area contributed by atoms with E-state index in [1.165, 1.54) is 0 Å². The van der Waals surface area contributed by atoms with E-state index >= 15 is 0 Å². The van der Waals surface area contributed by atoms with Gasteiger partial charge in [-0.1, -0.05) is 12.2 Å². The number of carbonyl (C=O) groups excluding carboxylic acids is 1. The van der Waals surface area contributed by atoms with Gasteiger partial charge >= 0.3 is 5.97 Å². The number of carboxylic acids is 1. The van der Waals surface area contributed by atoms with E-state index in [0.717, 1.165) is 25.8 Å². The Morgan fingerprint density at radius 3 is 2.55 bits per heavy atom. The van der Waals surface area contributed by atoms with Crippen LogP contribution in [0.4, 0.5) is 0 Å². The van der Waals surface area contributed by atoms with Crippen molar-refractivity contribution in [2.24, 2.45) is 11.8 Å². The van der Waals surface area contributed by atoms with E-state index in [4.69, 9.17) is 5.11 Å². The zero-order valence-electron chi connectivity index (χ0n) is 11.7. The lowest BCUT2D eigenvalue weighted by atomic mass is 9.82. The van der Waals surface area contributed by atoms with Crippen molar-refractivity contribution in [3.63, 3.8) is 0 Å². The molecule has 0 spiro atoms. The maximum absolute atomic E-state index is 12.7. The third-order valence-corrected chi connectivity index (χ3v) is 4.42. The van der Waals surface area contributed by atoms with Crippen molar-refractivity contribution in [3.8, 4) is 0 Å². The molecule has 1 fully saturated rings. The smallest absolute Gasteiger partial charge is 0.307 e. The van der Waals surface area contributed by atoms with Crippen molar-refractivity contribution in [2.45, 2.75) is 44.6 Å². The van der Waals surface area contributed by atoms with Gasteiger partial charge in [-0.2, -0.15) is 0 Å². The van der Waals surface area contributed by atoms with E-state index in [1.54, 1.807) is 0 Å². The Hall–Kier alpha value is -1.36. The summed E-state index contributed by atoms with van der Waals surface area (Å²) < 4.78 is 0. The fraction of sp³-hybridized carbons (Fsp3) is 0.733. The molecule has 1 saturated heterocycles. The molecule has 2 rings (SSSR count). The monoisotopic (exact) mass is 281 g/mol. The molecule has 0 saturated carbocycles. The average molecular weight is 281 g/mol. The molecule has 3 atom stereocenters. The summed E-state index contributed by atoms with van der Waals surface area (Å²) in [4.78, 5) is 25.8. The van der Waals surface area contributed by atoms with Gasteiger partial charge in [0.1, 0.15) is 0 Å². The molecular weight excluding hydrogens is 258 g/mol. The van der Waals surface area contributed by atoms with E-state index in [-0.39, 0.29) is 18.6 Å². The van der Waals surface area contributed by atoms with Crippen molar-refractivity contribution in [2.75, 3.05) is 13.2 Å². The summed E-state index contributed by atoms with van der Waals surface area (Å²) in [6, 6.07) is 0.176. The second kappa shape index (κ2) is 6.88. The molecule has 0 bridgehead atoms. The standard InChI is InChI=1S/C15H23NO4/c17-10-4-6-11-5-3-9-16(11)14(18)12-7-1-2-8-13(12)15(19)20/h1-2,11-13,17H,3-10H2,(H,19,20). The summed E-state index contributed by atoms with van der Waals surface area (Å²) >= 11 is 0. The lowest BCUT2D eigenvalue weighted by molar-refractivity contribution is -0.151. The highest BCUT2D eigenvalue weighted by atomic mass is 16.4. The maximum Gasteiger partial charge on any atom is 0.307 e. The lowest BCUT2D eigenvalue weighted by Crippen LogP contribution is -2.44. The molecule has 0 aromatic rings. The van der Waals surface area contributed by atoms with Crippen molar-refractivity contribution in [1.82, 2.24) is 4.90 Å². The van der Waals surface area contributed by atoms with Gasteiger partial charge in [0, 0.05) is 19.2 Å². The van der Waals surface area contributed by atoms with Crippen molar-refractivity contribution >= 4 is 11.9 Å². The Balaban J connectivity index is 2.05. The number of hydrogen-bond donors (Lipinski definition) is 2. The molecule has 1 aliphatic carbocycles. The van der Waals surface area contributed by atoms with Crippen LogP contribution in [0.2, 0.25) is 0 Å². The minimum atomic E-state index is -0.876. The largest absolute Gasteiger partial charge is 0.481 e. The van der Waals surface area contributed by atoms with Crippen molar-refractivity contribution < 1.29 is 19.8 Å². The van der Waals surface area contributed by atoms with Crippen LogP contribution in [0.15, 0.2) is 12.2 Å². The van der Waals surface area contributed by atoms with Crippen LogP contribution in [0, 0.1) is 11.8 Å². The van der Waals surface area contributed by atoms with Crippen LogP contribution in [0.3, 0.4) is 0 Å². The number of aliphatic carboxylic acids is 1. The van der Waals surface area contributed by atoms with Gasteiger partial charge in [-0.3, -0.25) is 9.59 Å². The highest BCUT2D eigenvalue weighted by molar-refractivity contribution is 5.85. The third kappa shape index (κ3) is 3.20. The second-order valence-electron chi connectivity index (χ2n) is 5.69. The van der Waals surface area contributed by atoms with Crippen LogP contribution < -0.4 is 0 Å². The summed E-state index contributed by atoms with van der Waals surface area (Å²) in [5.41, 5.74) is 0. The minimum absolute atomic E-state index is 0.0119. The SMILES string of the molecule is O=C(O)C1CC=CCC1C(=O)N1CCCC1CCCO. The topological polar surface area (TPSA) is 77.8 Å².